The van der Waals surface area contributed by atoms with Gasteiger partial charge in [0.05, 0.1) is 11.7 Å². The highest BCUT2D eigenvalue weighted by atomic mass is 19.1. The van der Waals surface area contributed by atoms with Gasteiger partial charge in [0, 0.05) is 0 Å². The Hall–Kier alpha value is -0.960. The molecule has 0 radical (unpaired) electrons. The van der Waals surface area contributed by atoms with E-state index in [4.69, 9.17) is 0 Å². The molecule has 1 nitrogen and oxygen atoms in total. The van der Waals surface area contributed by atoms with Crippen LogP contribution in [0.1, 0.15) is 82.8 Å². The predicted octanol–water partition coefficient (Wildman–Crippen LogP) is 5.92. The van der Waals surface area contributed by atoms with Crippen LogP contribution in [0.2, 0.25) is 0 Å². The van der Waals surface area contributed by atoms with E-state index < -0.39 is 17.7 Å². The van der Waals surface area contributed by atoms with Crippen molar-refractivity contribution in [1.82, 2.24) is 0 Å². The van der Waals surface area contributed by atoms with Crippen molar-refractivity contribution in [2.45, 2.75) is 77.2 Å². The third-order valence-electron chi connectivity index (χ3n) is 3.91. The van der Waals surface area contributed by atoms with Gasteiger partial charge in [0.2, 0.25) is 0 Å². The zero-order chi connectivity index (χ0) is 15.5. The fraction of sp³-hybridized carbons (Fsp3) is 0.667. The fourth-order valence-corrected chi connectivity index (χ4v) is 2.62. The maximum Gasteiger partial charge on any atom is 0.131 e. The Bertz CT molecular complexity index is 373. The lowest BCUT2D eigenvalue weighted by atomic mass is 10.0. The molecule has 21 heavy (non-hydrogen) atoms. The molecule has 0 fully saturated rings. The van der Waals surface area contributed by atoms with Crippen molar-refractivity contribution in [3.8, 4) is 0 Å². The first kappa shape index (κ1) is 18.1. The van der Waals surface area contributed by atoms with Gasteiger partial charge in [-0.3, -0.25) is 0 Å². The van der Waals surface area contributed by atoms with E-state index >= 15 is 0 Å². The van der Waals surface area contributed by atoms with Gasteiger partial charge < -0.3 is 5.11 Å². The van der Waals surface area contributed by atoms with Crippen molar-refractivity contribution in [2.75, 3.05) is 0 Å². The Morgan fingerprint density at radius 1 is 0.857 bits per heavy atom. The maximum absolute atomic E-state index is 13.5. The molecule has 0 spiro atoms. The largest absolute Gasteiger partial charge is 0.388 e. The maximum atomic E-state index is 13.5. The molecule has 1 atom stereocenters. The number of benzene rings is 1. The van der Waals surface area contributed by atoms with Gasteiger partial charge in [-0.05, 0) is 18.6 Å². The lowest BCUT2D eigenvalue weighted by molar-refractivity contribution is 0.154. The van der Waals surface area contributed by atoms with Gasteiger partial charge in [0.25, 0.3) is 0 Å². The highest BCUT2D eigenvalue weighted by Crippen LogP contribution is 2.25. The van der Waals surface area contributed by atoms with Crippen molar-refractivity contribution in [2.24, 2.45) is 0 Å². The van der Waals surface area contributed by atoms with Crippen LogP contribution in [0.5, 0.6) is 0 Å². The number of aliphatic hydroxyl groups is 1. The van der Waals surface area contributed by atoms with Crippen LogP contribution in [0.3, 0.4) is 0 Å². The average molecular weight is 298 g/mol. The van der Waals surface area contributed by atoms with E-state index in [1.165, 1.54) is 56.7 Å². The highest BCUT2D eigenvalue weighted by molar-refractivity contribution is 5.21. The quantitative estimate of drug-likeness (QED) is 0.503. The fourth-order valence-electron chi connectivity index (χ4n) is 2.62. The Morgan fingerprint density at radius 3 is 1.86 bits per heavy atom. The summed E-state index contributed by atoms with van der Waals surface area (Å²) >= 11 is 0. The molecule has 0 aliphatic heterocycles. The summed E-state index contributed by atoms with van der Waals surface area (Å²) in [5.74, 6) is -1.31. The van der Waals surface area contributed by atoms with Crippen molar-refractivity contribution in [3.05, 3.63) is 35.4 Å². The second kappa shape index (κ2) is 10.7. The molecular formula is C18H28F2O. The summed E-state index contributed by atoms with van der Waals surface area (Å²) in [6.07, 6.45) is 10.1. The lowest BCUT2D eigenvalue weighted by Gasteiger charge is -2.12. The molecule has 1 aromatic carbocycles. The summed E-state index contributed by atoms with van der Waals surface area (Å²) in [4.78, 5) is 0. The molecule has 0 aliphatic carbocycles. The molecule has 1 aromatic rings. The molecule has 0 aliphatic rings. The van der Waals surface area contributed by atoms with E-state index in [1.54, 1.807) is 0 Å². The molecule has 1 rings (SSSR count). The molecular weight excluding hydrogens is 270 g/mol. The predicted molar refractivity (Wildman–Crippen MR) is 83.2 cm³/mol. The summed E-state index contributed by atoms with van der Waals surface area (Å²) in [6.45, 7) is 2.21. The number of rotatable bonds is 11. The van der Waals surface area contributed by atoms with Crippen LogP contribution in [0.25, 0.3) is 0 Å². The van der Waals surface area contributed by atoms with Gasteiger partial charge >= 0.3 is 0 Å². The molecule has 0 bridgehead atoms. The Labute approximate surface area is 127 Å². The summed E-state index contributed by atoms with van der Waals surface area (Å²) < 4.78 is 27.0. The van der Waals surface area contributed by atoms with Crippen LogP contribution in [-0.4, -0.2) is 5.11 Å². The highest BCUT2D eigenvalue weighted by Gasteiger charge is 2.16. The molecule has 0 saturated carbocycles. The van der Waals surface area contributed by atoms with Gasteiger partial charge in [-0.2, -0.15) is 0 Å². The minimum absolute atomic E-state index is 0.183. The van der Waals surface area contributed by atoms with Crippen molar-refractivity contribution in [3.63, 3.8) is 0 Å². The summed E-state index contributed by atoms with van der Waals surface area (Å²) in [5.41, 5.74) is -0.183. The van der Waals surface area contributed by atoms with Gasteiger partial charge in [0.1, 0.15) is 11.6 Å². The van der Waals surface area contributed by atoms with E-state index in [9.17, 15) is 13.9 Å². The van der Waals surface area contributed by atoms with Crippen molar-refractivity contribution < 1.29 is 13.9 Å². The molecule has 0 heterocycles. The molecule has 1 unspecified atom stereocenters. The molecule has 0 saturated heterocycles. The molecule has 0 aromatic heterocycles. The van der Waals surface area contributed by atoms with Gasteiger partial charge in [-0.1, -0.05) is 70.8 Å². The third kappa shape index (κ3) is 7.03. The van der Waals surface area contributed by atoms with Gasteiger partial charge in [-0.25, -0.2) is 8.78 Å². The van der Waals surface area contributed by atoms with Crippen molar-refractivity contribution in [1.29, 1.82) is 0 Å². The second-order valence-corrected chi connectivity index (χ2v) is 5.77. The molecule has 0 amide bonds. The first-order valence-corrected chi connectivity index (χ1v) is 8.28. The number of hydrogen-bond donors (Lipinski definition) is 1. The van der Waals surface area contributed by atoms with E-state index in [2.05, 4.69) is 6.92 Å². The van der Waals surface area contributed by atoms with E-state index in [1.807, 2.05) is 0 Å². The summed E-state index contributed by atoms with van der Waals surface area (Å²) in [6, 6.07) is 3.70. The number of hydrogen-bond acceptors (Lipinski definition) is 1. The number of aliphatic hydroxyl groups excluding tert-OH is 1. The SMILES string of the molecule is CCCCCCCCCCCC(O)c1c(F)cccc1F. The number of halogens is 2. The zero-order valence-electron chi connectivity index (χ0n) is 13.1. The Balaban J connectivity index is 2.12. The van der Waals surface area contributed by atoms with Crippen LogP contribution in [0.4, 0.5) is 8.78 Å². The smallest absolute Gasteiger partial charge is 0.131 e. The average Bonchev–Trinajstić information content (AvgIpc) is 2.45. The van der Waals surface area contributed by atoms with Crippen molar-refractivity contribution >= 4 is 0 Å². The van der Waals surface area contributed by atoms with Crippen LogP contribution < -0.4 is 0 Å². The normalized spacial score (nSPS) is 12.6. The van der Waals surface area contributed by atoms with Crippen LogP contribution >= 0.6 is 0 Å². The summed E-state index contributed by atoms with van der Waals surface area (Å²) in [7, 11) is 0. The standard InChI is InChI=1S/C18H28F2O/c1-2-3-4-5-6-7-8-9-10-14-17(21)18-15(19)12-11-13-16(18)20/h11-13,17,21H,2-10,14H2,1H3. The van der Waals surface area contributed by atoms with Crippen LogP contribution in [0.15, 0.2) is 18.2 Å². The first-order chi connectivity index (χ1) is 10.2. The van der Waals surface area contributed by atoms with Crippen LogP contribution in [-0.2, 0) is 0 Å². The van der Waals surface area contributed by atoms with E-state index in [-0.39, 0.29) is 5.56 Å². The minimum Gasteiger partial charge on any atom is -0.388 e. The lowest BCUT2D eigenvalue weighted by Crippen LogP contribution is -2.04. The van der Waals surface area contributed by atoms with Gasteiger partial charge in [0.15, 0.2) is 0 Å². The first-order valence-electron chi connectivity index (χ1n) is 8.28. The minimum atomic E-state index is -1.03. The van der Waals surface area contributed by atoms with E-state index in [0.29, 0.717) is 6.42 Å². The Morgan fingerprint density at radius 2 is 1.33 bits per heavy atom. The summed E-state index contributed by atoms with van der Waals surface area (Å²) in [5, 5.41) is 9.90. The monoisotopic (exact) mass is 298 g/mol. The second-order valence-electron chi connectivity index (χ2n) is 5.77. The topological polar surface area (TPSA) is 20.2 Å². The van der Waals surface area contributed by atoms with Crippen LogP contribution in [0, 0.1) is 11.6 Å². The Kier molecular flexibility index (Phi) is 9.24. The zero-order valence-corrected chi connectivity index (χ0v) is 13.1. The number of unbranched alkanes of at least 4 members (excludes halogenated alkanes) is 8. The van der Waals surface area contributed by atoms with E-state index in [0.717, 1.165) is 19.3 Å². The van der Waals surface area contributed by atoms with Gasteiger partial charge in [-0.15, -0.1) is 0 Å². The molecule has 1 N–H and O–H groups in total. The molecule has 3 heteroatoms. The third-order valence-corrected chi connectivity index (χ3v) is 3.91. The molecule has 120 valence electrons.